The van der Waals surface area contributed by atoms with Gasteiger partial charge in [0.2, 0.25) is 5.91 Å². The maximum Gasteiger partial charge on any atom is 0.353 e. The van der Waals surface area contributed by atoms with E-state index in [0.29, 0.717) is 17.1 Å². The SMILES string of the molecule is C#CCCSC1=C(C(=O)O)N2C(=O)C(C(C)O)C2C1C. The predicted molar refractivity (Wildman–Crippen MR) is 75.5 cm³/mol. The number of aliphatic hydroxyl groups excluding tert-OH is 1. The summed E-state index contributed by atoms with van der Waals surface area (Å²) in [6.07, 6.45) is 4.98. The number of nitrogens with zero attached hydrogens (tertiary/aromatic N) is 1. The summed E-state index contributed by atoms with van der Waals surface area (Å²) in [5.41, 5.74) is 0.0615. The summed E-state index contributed by atoms with van der Waals surface area (Å²) in [5, 5.41) is 19.0. The third-order valence-corrected chi connectivity index (χ3v) is 5.10. The Labute approximate surface area is 122 Å². The van der Waals surface area contributed by atoms with Crippen molar-refractivity contribution in [3.8, 4) is 12.3 Å². The number of thioether (sulfide) groups is 1. The third kappa shape index (κ3) is 2.11. The zero-order valence-corrected chi connectivity index (χ0v) is 12.2. The van der Waals surface area contributed by atoms with Crippen LogP contribution in [-0.2, 0) is 9.59 Å². The van der Waals surface area contributed by atoms with Crippen LogP contribution in [0.3, 0.4) is 0 Å². The van der Waals surface area contributed by atoms with Gasteiger partial charge in [-0.05, 0) is 6.92 Å². The molecule has 0 radical (unpaired) electrons. The number of aliphatic hydroxyl groups is 1. The second-order valence-electron chi connectivity index (χ2n) is 5.07. The fourth-order valence-electron chi connectivity index (χ4n) is 2.94. The van der Waals surface area contributed by atoms with Gasteiger partial charge < -0.3 is 15.1 Å². The van der Waals surface area contributed by atoms with Crippen LogP contribution in [0.5, 0.6) is 0 Å². The number of hydrogen-bond acceptors (Lipinski definition) is 4. The van der Waals surface area contributed by atoms with Crippen LogP contribution >= 0.6 is 11.8 Å². The fraction of sp³-hybridized carbons (Fsp3) is 0.571. The Morgan fingerprint density at radius 1 is 1.60 bits per heavy atom. The van der Waals surface area contributed by atoms with Crippen LogP contribution in [0.4, 0.5) is 0 Å². The van der Waals surface area contributed by atoms with Gasteiger partial charge in [0.25, 0.3) is 0 Å². The van der Waals surface area contributed by atoms with Crippen molar-refractivity contribution in [2.24, 2.45) is 11.8 Å². The van der Waals surface area contributed by atoms with Gasteiger partial charge >= 0.3 is 5.97 Å². The van der Waals surface area contributed by atoms with Crippen molar-refractivity contribution in [1.82, 2.24) is 4.90 Å². The number of rotatable bonds is 5. The summed E-state index contributed by atoms with van der Waals surface area (Å²) in [4.78, 5) is 25.5. The Balaban J connectivity index is 2.28. The Hall–Kier alpha value is -1.45. The largest absolute Gasteiger partial charge is 0.477 e. The Kier molecular flexibility index (Phi) is 4.11. The second-order valence-corrected chi connectivity index (χ2v) is 6.21. The van der Waals surface area contributed by atoms with Crippen molar-refractivity contribution in [3.63, 3.8) is 0 Å². The van der Waals surface area contributed by atoms with Gasteiger partial charge in [-0.15, -0.1) is 24.1 Å². The zero-order chi connectivity index (χ0) is 15.0. The average Bonchev–Trinajstić information content (AvgIpc) is 2.60. The minimum absolute atomic E-state index is 0.0615. The molecule has 4 unspecified atom stereocenters. The molecule has 0 aromatic heterocycles. The smallest absolute Gasteiger partial charge is 0.353 e. The molecule has 2 heterocycles. The molecule has 0 spiro atoms. The number of hydrogen-bond donors (Lipinski definition) is 2. The first-order valence-electron chi connectivity index (χ1n) is 6.46. The highest BCUT2D eigenvalue weighted by Gasteiger charge is 2.59. The van der Waals surface area contributed by atoms with E-state index in [1.165, 1.54) is 16.7 Å². The van der Waals surface area contributed by atoms with E-state index < -0.39 is 18.0 Å². The molecule has 0 aliphatic carbocycles. The fourth-order valence-corrected chi connectivity index (χ4v) is 4.10. The van der Waals surface area contributed by atoms with Gasteiger partial charge in [0.1, 0.15) is 5.70 Å². The van der Waals surface area contributed by atoms with Gasteiger partial charge in [0.05, 0.1) is 18.1 Å². The summed E-state index contributed by atoms with van der Waals surface area (Å²) in [5.74, 6) is 1.15. The molecule has 6 heteroatoms. The maximum absolute atomic E-state index is 12.0. The van der Waals surface area contributed by atoms with E-state index in [4.69, 9.17) is 6.42 Å². The monoisotopic (exact) mass is 295 g/mol. The van der Waals surface area contributed by atoms with E-state index in [1.807, 2.05) is 6.92 Å². The number of terminal acetylenes is 1. The Bertz CT molecular complexity index is 520. The van der Waals surface area contributed by atoms with Gasteiger partial charge in [0, 0.05) is 23.0 Å². The van der Waals surface area contributed by atoms with Crippen LogP contribution in [-0.4, -0.2) is 44.9 Å². The first-order valence-corrected chi connectivity index (χ1v) is 7.45. The van der Waals surface area contributed by atoms with E-state index in [0.717, 1.165) is 0 Å². The molecule has 0 bridgehead atoms. The lowest BCUT2D eigenvalue weighted by Gasteiger charge is -2.46. The first-order chi connectivity index (χ1) is 9.41. The summed E-state index contributed by atoms with van der Waals surface area (Å²) in [7, 11) is 0. The van der Waals surface area contributed by atoms with Crippen molar-refractivity contribution in [2.45, 2.75) is 32.4 Å². The summed E-state index contributed by atoms with van der Waals surface area (Å²) in [6, 6.07) is -0.248. The van der Waals surface area contributed by atoms with Gasteiger partial charge in [-0.3, -0.25) is 4.79 Å². The number of carboxylic acids is 1. The lowest BCUT2D eigenvalue weighted by Crippen LogP contribution is -2.63. The Morgan fingerprint density at radius 3 is 2.75 bits per heavy atom. The number of aliphatic carboxylic acids is 1. The van der Waals surface area contributed by atoms with Crippen molar-refractivity contribution < 1.29 is 19.8 Å². The third-order valence-electron chi connectivity index (χ3n) is 3.82. The van der Waals surface area contributed by atoms with Gasteiger partial charge in [-0.25, -0.2) is 4.79 Å². The molecule has 20 heavy (non-hydrogen) atoms. The van der Waals surface area contributed by atoms with E-state index in [2.05, 4.69) is 5.92 Å². The van der Waals surface area contributed by atoms with Crippen LogP contribution in [0.2, 0.25) is 0 Å². The molecule has 1 amide bonds. The molecule has 1 saturated heterocycles. The van der Waals surface area contributed by atoms with Crippen LogP contribution in [0.25, 0.3) is 0 Å². The first kappa shape index (κ1) is 14.9. The van der Waals surface area contributed by atoms with Crippen LogP contribution in [0.15, 0.2) is 10.6 Å². The minimum atomic E-state index is -1.10. The van der Waals surface area contributed by atoms with E-state index >= 15 is 0 Å². The molecule has 2 N–H and O–H groups in total. The highest BCUT2D eigenvalue weighted by Crippen LogP contribution is 2.50. The molecule has 0 aromatic carbocycles. The molecule has 108 valence electrons. The Morgan fingerprint density at radius 2 is 2.25 bits per heavy atom. The van der Waals surface area contributed by atoms with Gasteiger partial charge in [-0.1, -0.05) is 6.92 Å². The van der Waals surface area contributed by atoms with Crippen molar-refractivity contribution in [1.29, 1.82) is 0 Å². The predicted octanol–water partition coefficient (Wildman–Crippen LogP) is 0.897. The van der Waals surface area contributed by atoms with Crippen LogP contribution in [0, 0.1) is 24.2 Å². The van der Waals surface area contributed by atoms with Crippen molar-refractivity contribution in [3.05, 3.63) is 10.6 Å². The maximum atomic E-state index is 12.0. The number of amides is 1. The van der Waals surface area contributed by atoms with E-state index in [-0.39, 0.29) is 23.6 Å². The summed E-state index contributed by atoms with van der Waals surface area (Å²) >= 11 is 1.40. The molecule has 2 rings (SSSR count). The van der Waals surface area contributed by atoms with Crippen LogP contribution in [0.1, 0.15) is 20.3 Å². The van der Waals surface area contributed by atoms with Crippen molar-refractivity contribution >= 4 is 23.6 Å². The highest BCUT2D eigenvalue weighted by molar-refractivity contribution is 8.03. The minimum Gasteiger partial charge on any atom is -0.477 e. The normalized spacial score (nSPS) is 29.8. The highest BCUT2D eigenvalue weighted by atomic mass is 32.2. The van der Waals surface area contributed by atoms with Gasteiger partial charge in [0.15, 0.2) is 0 Å². The van der Waals surface area contributed by atoms with E-state index in [1.54, 1.807) is 6.92 Å². The lowest BCUT2D eigenvalue weighted by atomic mass is 9.79. The number of carboxylic acid groups (broad SMARTS) is 1. The zero-order valence-electron chi connectivity index (χ0n) is 11.4. The standard InChI is InChI=1S/C14H17NO4S/c1-4-5-6-20-12-7(2)10-9(8(3)16)13(17)15(10)11(12)14(18)19/h1,7-10,16H,5-6H2,2-3H3,(H,18,19). The summed E-state index contributed by atoms with van der Waals surface area (Å²) in [6.45, 7) is 3.46. The number of carbonyl (C=O) groups is 2. The van der Waals surface area contributed by atoms with Gasteiger partial charge in [-0.2, -0.15) is 0 Å². The lowest BCUT2D eigenvalue weighted by molar-refractivity contribution is -0.163. The molecule has 2 aliphatic rings. The molecule has 0 aromatic rings. The summed E-state index contributed by atoms with van der Waals surface area (Å²) < 4.78 is 0. The molecule has 4 atom stereocenters. The van der Waals surface area contributed by atoms with Crippen LogP contribution < -0.4 is 0 Å². The number of fused-ring (bicyclic) bond motifs is 1. The quantitative estimate of drug-likeness (QED) is 0.447. The molecule has 1 fully saturated rings. The molecule has 2 aliphatic heterocycles. The molecule has 5 nitrogen and oxygen atoms in total. The molecule has 0 saturated carbocycles. The number of β-lactam (4-membered cyclic amide) rings is 1. The average molecular weight is 295 g/mol. The molecular formula is C14H17NO4S. The van der Waals surface area contributed by atoms with Crippen molar-refractivity contribution in [2.75, 3.05) is 5.75 Å². The molecular weight excluding hydrogens is 278 g/mol. The number of carbonyl (C=O) groups excluding carboxylic acids is 1. The van der Waals surface area contributed by atoms with E-state index in [9.17, 15) is 19.8 Å². The second kappa shape index (κ2) is 5.51. The topological polar surface area (TPSA) is 77.8 Å².